The monoisotopic (exact) mass is 1280 g/mol. The van der Waals surface area contributed by atoms with Gasteiger partial charge in [-0.3, -0.25) is 0 Å². The highest BCUT2D eigenvalue weighted by Gasteiger charge is 2.50. The molecule has 0 N–H and O–H groups in total. The first-order valence-electron chi connectivity index (χ1n) is 35.5. The van der Waals surface area contributed by atoms with Crippen LogP contribution in [0.3, 0.4) is 0 Å². The number of hydrogen-bond donors (Lipinski definition) is 0. The molecule has 4 nitrogen and oxygen atoms in total. The van der Waals surface area contributed by atoms with E-state index in [0.717, 1.165) is 78.9 Å². The van der Waals surface area contributed by atoms with Crippen molar-refractivity contribution in [1.82, 2.24) is 0 Å². The molecule has 14 aromatic carbocycles. The molecule has 100 heavy (non-hydrogen) atoms. The lowest BCUT2D eigenvalue weighted by Gasteiger charge is -2.46. The summed E-state index contributed by atoms with van der Waals surface area (Å²) >= 11 is 0. The zero-order valence-corrected chi connectivity index (χ0v) is 57.3. The smallest absolute Gasteiger partial charge is 0.256 e. The van der Waals surface area contributed by atoms with Crippen molar-refractivity contribution in [3.63, 3.8) is 0 Å². The molecule has 0 aromatic heterocycles. The predicted molar refractivity (Wildman–Crippen MR) is 422 cm³/mol. The zero-order valence-electron chi connectivity index (χ0n) is 57.3. The van der Waals surface area contributed by atoms with Crippen molar-refractivity contribution in [2.24, 2.45) is 0 Å². The summed E-state index contributed by atoms with van der Waals surface area (Å²) in [6.07, 6.45) is 0. The molecule has 4 heterocycles. The second-order valence-electron chi connectivity index (χ2n) is 30.2. The zero-order chi connectivity index (χ0) is 67.1. The van der Waals surface area contributed by atoms with E-state index in [1.807, 2.05) is 0 Å². The Hall–Kier alpha value is -11.6. The van der Waals surface area contributed by atoms with E-state index >= 15 is 0 Å². The van der Waals surface area contributed by atoms with E-state index in [-0.39, 0.29) is 29.7 Å². The van der Waals surface area contributed by atoms with Gasteiger partial charge in [0, 0.05) is 73.5 Å². The Balaban J connectivity index is 0.877. The molecule has 0 unspecified atom stereocenters. The van der Waals surface area contributed by atoms with Crippen LogP contribution < -0.4 is 52.2 Å². The molecule has 0 atom stereocenters. The summed E-state index contributed by atoms with van der Waals surface area (Å²) in [5.74, 6) is 1.72. The van der Waals surface area contributed by atoms with E-state index < -0.39 is 0 Å². The van der Waals surface area contributed by atoms with Crippen LogP contribution >= 0.6 is 0 Å². The van der Waals surface area contributed by atoms with Gasteiger partial charge >= 0.3 is 0 Å². The molecule has 6 heteroatoms. The number of ether oxygens (including phenoxy) is 1. The molecule has 0 fully saturated rings. The maximum atomic E-state index is 8.04. The topological polar surface area (TPSA) is 19.0 Å². The fourth-order valence-electron chi connectivity index (χ4n) is 18.6. The molecular formula is C94H71B2N3O. The number of fused-ring (bicyclic) bond motifs is 14. The summed E-state index contributed by atoms with van der Waals surface area (Å²) in [6.45, 7) is 16.3. The molecule has 14 aromatic rings. The summed E-state index contributed by atoms with van der Waals surface area (Å²) in [5.41, 5.74) is 38.1. The van der Waals surface area contributed by atoms with Gasteiger partial charge in [0.15, 0.2) is 0 Å². The van der Waals surface area contributed by atoms with Crippen LogP contribution in [0.1, 0.15) is 76.3 Å². The Morgan fingerprint density at radius 3 is 1.22 bits per heavy atom. The molecule has 0 saturated heterocycles. The average molecular weight is 1280 g/mol. The molecule has 6 aliphatic rings. The van der Waals surface area contributed by atoms with E-state index in [9.17, 15) is 0 Å². The van der Waals surface area contributed by atoms with Crippen LogP contribution in [-0.2, 0) is 16.2 Å². The first kappa shape index (κ1) is 58.6. The molecular weight excluding hydrogens is 1210 g/mol. The van der Waals surface area contributed by atoms with E-state index in [0.29, 0.717) is 0 Å². The molecule has 20 rings (SSSR count). The Morgan fingerprint density at radius 1 is 0.290 bits per heavy atom. The Labute approximate surface area is 587 Å². The van der Waals surface area contributed by atoms with Crippen LogP contribution in [0.2, 0.25) is 0 Å². The van der Waals surface area contributed by atoms with Gasteiger partial charge in [0.05, 0.1) is 5.69 Å². The van der Waals surface area contributed by atoms with Gasteiger partial charge in [0.2, 0.25) is 0 Å². The minimum Gasteiger partial charge on any atom is -0.458 e. The van der Waals surface area contributed by atoms with Gasteiger partial charge in [-0.25, -0.2) is 0 Å². The summed E-state index contributed by atoms with van der Waals surface area (Å²) in [4.78, 5) is 7.74. The van der Waals surface area contributed by atoms with Gasteiger partial charge < -0.3 is 19.4 Å². The van der Waals surface area contributed by atoms with Crippen LogP contribution in [0.4, 0.5) is 51.2 Å². The summed E-state index contributed by atoms with van der Waals surface area (Å²) < 4.78 is 8.04. The lowest BCUT2D eigenvalue weighted by atomic mass is 9.30. The van der Waals surface area contributed by atoms with Gasteiger partial charge in [-0.05, 0) is 194 Å². The van der Waals surface area contributed by atoms with Crippen LogP contribution in [-0.4, -0.2) is 13.4 Å². The minimum absolute atomic E-state index is 0.158. The maximum absolute atomic E-state index is 8.04. The number of anilines is 9. The van der Waals surface area contributed by atoms with Crippen LogP contribution in [0.15, 0.2) is 303 Å². The average Bonchev–Trinajstić information content (AvgIpc) is 1.51. The lowest BCUT2D eigenvalue weighted by molar-refractivity contribution is 0.488. The van der Waals surface area contributed by atoms with Crippen molar-refractivity contribution >= 4 is 97.4 Å². The van der Waals surface area contributed by atoms with Crippen molar-refractivity contribution in [2.75, 3.05) is 14.7 Å². The van der Waals surface area contributed by atoms with Crippen molar-refractivity contribution in [2.45, 2.75) is 64.7 Å². The van der Waals surface area contributed by atoms with Gasteiger partial charge in [-0.15, -0.1) is 0 Å². The highest BCUT2D eigenvalue weighted by molar-refractivity contribution is 7.02. The Bertz CT molecular complexity index is 5710. The van der Waals surface area contributed by atoms with Crippen LogP contribution in [0, 0.1) is 0 Å². The summed E-state index contributed by atoms with van der Waals surface area (Å²) in [7, 11) is 0. The van der Waals surface area contributed by atoms with E-state index in [4.69, 9.17) is 4.74 Å². The number of benzene rings is 14. The van der Waals surface area contributed by atoms with E-state index in [2.05, 4.69) is 366 Å². The minimum atomic E-state index is -0.282. The van der Waals surface area contributed by atoms with Crippen molar-refractivity contribution in [1.29, 1.82) is 0 Å². The van der Waals surface area contributed by atoms with E-state index in [1.165, 1.54) is 111 Å². The fourth-order valence-corrected chi connectivity index (χ4v) is 18.6. The number of hydrogen-bond acceptors (Lipinski definition) is 4. The van der Waals surface area contributed by atoms with Gasteiger partial charge in [-0.1, -0.05) is 273 Å². The summed E-state index contributed by atoms with van der Waals surface area (Å²) in [6, 6.07) is 115. The third kappa shape index (κ3) is 8.37. The van der Waals surface area contributed by atoms with Crippen molar-refractivity contribution in [3.8, 4) is 78.3 Å². The number of para-hydroxylation sites is 4. The van der Waals surface area contributed by atoms with Crippen molar-refractivity contribution in [3.05, 3.63) is 331 Å². The van der Waals surface area contributed by atoms with Gasteiger partial charge in [0.25, 0.3) is 13.4 Å². The second-order valence-corrected chi connectivity index (χ2v) is 30.2. The molecule has 474 valence electrons. The van der Waals surface area contributed by atoms with Gasteiger partial charge in [0.1, 0.15) is 11.5 Å². The highest BCUT2D eigenvalue weighted by atomic mass is 16.5. The maximum Gasteiger partial charge on any atom is 0.256 e. The molecule has 0 bridgehead atoms. The van der Waals surface area contributed by atoms with E-state index in [1.54, 1.807) is 0 Å². The third-order valence-corrected chi connectivity index (χ3v) is 23.0. The summed E-state index contributed by atoms with van der Waals surface area (Å²) in [5, 5.41) is 0. The molecule has 4 aliphatic heterocycles. The molecule has 2 aliphatic carbocycles. The molecule has 0 saturated carbocycles. The SMILES string of the molecule is CC(C)(C)c1cc(-c2ccccc2)c(N2c3ccccc3B3c4cc5c(cc4Oc4cc(-c6cccc7c6C(C)(C)c6ccccc6-7)cc2c43)N(c2ccccc2)c2cc(-c3cccc4c3C(C)(C)c3ccccc3-4)cc3c2B5c2ccccc2N3c2ccccc2)c(-c2ccccc2)c1. The van der Waals surface area contributed by atoms with Crippen LogP contribution in [0.5, 0.6) is 11.5 Å². The molecule has 0 spiro atoms. The Kier molecular flexibility index (Phi) is 12.6. The lowest BCUT2D eigenvalue weighted by Crippen LogP contribution is -2.64. The number of rotatable bonds is 7. The fraction of sp³-hybridized carbons (Fsp3) is 0.106. The molecule has 0 radical (unpaired) electrons. The second kappa shape index (κ2) is 21.5. The van der Waals surface area contributed by atoms with Gasteiger partial charge in [-0.2, -0.15) is 0 Å². The third-order valence-electron chi connectivity index (χ3n) is 23.0. The Morgan fingerprint density at radius 2 is 0.700 bits per heavy atom. The molecule has 0 amide bonds. The first-order valence-corrected chi connectivity index (χ1v) is 35.5. The van der Waals surface area contributed by atoms with Crippen LogP contribution in [0.25, 0.3) is 66.8 Å². The standard InChI is InChI=1S/C94H71B2N3O/c1-92(2,3)62-54-71(58-30-12-8-13-31-58)91(72(55-62)59-32-14-9-15-33-59)99-80-49-27-25-47-76(80)96-78-56-77-81(57-85(78)100-86-53-61(52-84(99)90(86)96)66-41-29-43-70-68-39-21-23-45-74(68)94(6,7)88(66)70)98(64-36-18-11-19-37-64)83-51-60(65-40-28-42-69-67-38-20-22-44-73(67)93(4,5)87(65)69)50-82-89(83)95(77)75-46-24-26-48-79(75)97(82)63-34-16-10-17-35-63/h8-57H,1-7H3. The highest BCUT2D eigenvalue weighted by Crippen LogP contribution is 2.58. The first-order chi connectivity index (χ1) is 48.8. The predicted octanol–water partition coefficient (Wildman–Crippen LogP) is 20.8. The largest absolute Gasteiger partial charge is 0.458 e. The normalized spacial score (nSPS) is 14.7. The quantitative estimate of drug-likeness (QED) is 0.148. The number of nitrogens with zero attached hydrogens (tertiary/aromatic N) is 3. The van der Waals surface area contributed by atoms with Crippen molar-refractivity contribution < 1.29 is 4.74 Å².